The Bertz CT molecular complexity index is 620. The van der Waals surface area contributed by atoms with Crippen molar-refractivity contribution < 1.29 is 9.53 Å². The molecular weight excluding hydrogens is 355 g/mol. The molecule has 0 aliphatic rings. The van der Waals surface area contributed by atoms with Crippen molar-refractivity contribution in [2.24, 2.45) is 0 Å². The second-order valence-corrected chi connectivity index (χ2v) is 6.32. The molecule has 0 radical (unpaired) electrons. The maximum absolute atomic E-state index is 11.7. The minimum atomic E-state index is -0.518. The maximum atomic E-state index is 11.7. The third-order valence-electron chi connectivity index (χ3n) is 2.34. The number of carbonyl (C=O) groups excluding carboxylic acids is 1. The second-order valence-electron chi connectivity index (χ2n) is 5.16. The number of nitrogens with one attached hydrogen (secondary N) is 1. The number of carbonyl (C=O) groups is 1. The number of nitrogens with zero attached hydrogens (tertiary/aromatic N) is 1. The summed E-state index contributed by atoms with van der Waals surface area (Å²) in [6.07, 6.45) is 1.26. The van der Waals surface area contributed by atoms with Gasteiger partial charge in [0.25, 0.3) is 0 Å². The van der Waals surface area contributed by atoms with Crippen molar-refractivity contribution in [3.8, 4) is 0 Å². The van der Waals surface area contributed by atoms with E-state index in [2.05, 4.69) is 32.9 Å². The molecule has 1 N–H and O–H groups in total. The van der Waals surface area contributed by atoms with Crippen LogP contribution in [0.5, 0.6) is 0 Å². The second kappa shape index (κ2) is 5.32. The first kappa shape index (κ1) is 14.0. The maximum Gasteiger partial charge on any atom is 0.413 e. The monoisotopic (exact) mass is 370 g/mol. The minimum Gasteiger partial charge on any atom is -0.444 e. The van der Waals surface area contributed by atoms with Crippen molar-refractivity contribution in [1.82, 2.24) is 4.98 Å². The number of halogens is 1. The van der Waals surface area contributed by atoms with Gasteiger partial charge in [0.1, 0.15) is 11.4 Å². The van der Waals surface area contributed by atoms with Gasteiger partial charge in [-0.15, -0.1) is 0 Å². The molecule has 0 saturated heterocycles. The predicted octanol–water partition coefficient (Wildman–Crippen LogP) is 4.19. The van der Waals surface area contributed by atoms with Crippen molar-refractivity contribution in [2.75, 3.05) is 5.32 Å². The molecule has 0 unspecified atom stereocenters. The third kappa shape index (κ3) is 3.79. The van der Waals surface area contributed by atoms with Crippen LogP contribution in [0.4, 0.5) is 10.6 Å². The largest absolute Gasteiger partial charge is 0.444 e. The van der Waals surface area contributed by atoms with Gasteiger partial charge in [0.15, 0.2) is 0 Å². The molecule has 5 heteroatoms. The van der Waals surface area contributed by atoms with Crippen LogP contribution in [-0.2, 0) is 4.74 Å². The van der Waals surface area contributed by atoms with Gasteiger partial charge in [-0.3, -0.25) is 5.32 Å². The summed E-state index contributed by atoms with van der Waals surface area (Å²) in [6, 6.07) is 7.81. The van der Waals surface area contributed by atoms with Crippen LogP contribution in [0.1, 0.15) is 20.8 Å². The molecule has 1 heterocycles. The summed E-state index contributed by atoms with van der Waals surface area (Å²) in [6.45, 7) is 5.47. The fourth-order valence-corrected chi connectivity index (χ4v) is 2.27. The van der Waals surface area contributed by atoms with Gasteiger partial charge in [-0.05, 0) is 60.9 Å². The van der Waals surface area contributed by atoms with Gasteiger partial charge >= 0.3 is 6.09 Å². The lowest BCUT2D eigenvalue weighted by atomic mass is 10.2. The van der Waals surface area contributed by atoms with Crippen LogP contribution in [0.25, 0.3) is 10.8 Å². The fourth-order valence-electron chi connectivity index (χ4n) is 1.61. The smallest absolute Gasteiger partial charge is 0.413 e. The van der Waals surface area contributed by atoms with Gasteiger partial charge in [-0.1, -0.05) is 12.1 Å². The molecule has 100 valence electrons. The number of amides is 1. The van der Waals surface area contributed by atoms with Gasteiger partial charge in [0.2, 0.25) is 0 Å². The molecule has 1 amide bonds. The number of benzene rings is 1. The standard InChI is InChI=1S/C14H15IN2O2/c1-14(2,3)19-13(18)17-12-7-9-5-4-6-11(15)10(9)8-16-12/h4-8H,1-3H3,(H,16,17,18). The van der Waals surface area contributed by atoms with E-state index in [1.165, 1.54) is 0 Å². The molecular formula is C14H15IN2O2. The lowest BCUT2D eigenvalue weighted by molar-refractivity contribution is 0.0635. The van der Waals surface area contributed by atoms with E-state index in [1.54, 1.807) is 6.20 Å². The van der Waals surface area contributed by atoms with Crippen LogP contribution in [0, 0.1) is 3.57 Å². The number of hydrogen-bond donors (Lipinski definition) is 1. The summed E-state index contributed by atoms with van der Waals surface area (Å²) in [4.78, 5) is 15.9. The Morgan fingerprint density at radius 1 is 1.37 bits per heavy atom. The van der Waals surface area contributed by atoms with E-state index in [-0.39, 0.29) is 0 Å². The van der Waals surface area contributed by atoms with E-state index in [9.17, 15) is 4.79 Å². The topological polar surface area (TPSA) is 51.2 Å². The van der Waals surface area contributed by atoms with Gasteiger partial charge in [0.05, 0.1) is 0 Å². The zero-order chi connectivity index (χ0) is 14.0. The summed E-state index contributed by atoms with van der Waals surface area (Å²) < 4.78 is 6.32. The van der Waals surface area contributed by atoms with E-state index in [0.717, 1.165) is 14.3 Å². The minimum absolute atomic E-state index is 0.490. The van der Waals surface area contributed by atoms with Crippen LogP contribution in [0.15, 0.2) is 30.5 Å². The van der Waals surface area contributed by atoms with Crippen molar-refractivity contribution in [3.63, 3.8) is 0 Å². The van der Waals surface area contributed by atoms with Crippen molar-refractivity contribution in [1.29, 1.82) is 0 Å². The molecule has 0 aliphatic carbocycles. The molecule has 1 aromatic heterocycles. The van der Waals surface area contributed by atoms with Crippen LogP contribution in [0.3, 0.4) is 0 Å². The van der Waals surface area contributed by atoms with Crippen molar-refractivity contribution in [2.45, 2.75) is 26.4 Å². The van der Waals surface area contributed by atoms with E-state index in [4.69, 9.17) is 4.74 Å². The highest BCUT2D eigenvalue weighted by molar-refractivity contribution is 14.1. The number of anilines is 1. The van der Waals surface area contributed by atoms with E-state index in [0.29, 0.717) is 5.82 Å². The Kier molecular flexibility index (Phi) is 3.93. The molecule has 2 rings (SSSR count). The average Bonchev–Trinajstić information content (AvgIpc) is 2.26. The van der Waals surface area contributed by atoms with E-state index in [1.807, 2.05) is 45.0 Å². The third-order valence-corrected chi connectivity index (χ3v) is 3.28. The molecule has 0 saturated carbocycles. The predicted molar refractivity (Wildman–Crippen MR) is 84.3 cm³/mol. The number of ether oxygens (including phenoxy) is 1. The highest BCUT2D eigenvalue weighted by Crippen LogP contribution is 2.22. The van der Waals surface area contributed by atoms with E-state index < -0.39 is 11.7 Å². The summed E-state index contributed by atoms with van der Waals surface area (Å²) >= 11 is 2.26. The summed E-state index contributed by atoms with van der Waals surface area (Å²) in [7, 11) is 0. The van der Waals surface area contributed by atoms with Gasteiger partial charge in [0, 0.05) is 15.2 Å². The molecule has 0 atom stereocenters. The van der Waals surface area contributed by atoms with Crippen LogP contribution < -0.4 is 5.32 Å². The Balaban J connectivity index is 2.20. The van der Waals surface area contributed by atoms with Crippen molar-refractivity contribution >= 4 is 45.3 Å². The first-order valence-electron chi connectivity index (χ1n) is 5.89. The number of fused-ring (bicyclic) bond motifs is 1. The van der Waals surface area contributed by atoms with Gasteiger partial charge in [-0.25, -0.2) is 9.78 Å². The lowest BCUT2D eigenvalue weighted by Gasteiger charge is -2.19. The molecule has 0 fully saturated rings. The normalized spacial score (nSPS) is 11.4. The highest BCUT2D eigenvalue weighted by atomic mass is 127. The molecule has 0 spiro atoms. The van der Waals surface area contributed by atoms with Crippen LogP contribution in [-0.4, -0.2) is 16.7 Å². The molecule has 2 aromatic rings. The van der Waals surface area contributed by atoms with Gasteiger partial charge < -0.3 is 4.74 Å². The Morgan fingerprint density at radius 3 is 2.79 bits per heavy atom. The molecule has 19 heavy (non-hydrogen) atoms. The van der Waals surface area contributed by atoms with E-state index >= 15 is 0 Å². The van der Waals surface area contributed by atoms with Gasteiger partial charge in [-0.2, -0.15) is 0 Å². The molecule has 1 aromatic carbocycles. The SMILES string of the molecule is CC(C)(C)OC(=O)Nc1cc2cccc(I)c2cn1. The number of aromatic nitrogens is 1. The first-order chi connectivity index (χ1) is 8.85. The highest BCUT2D eigenvalue weighted by Gasteiger charge is 2.16. The summed E-state index contributed by atoms with van der Waals surface area (Å²) in [5, 5.41) is 4.74. The molecule has 0 bridgehead atoms. The Hall–Kier alpha value is -1.37. The first-order valence-corrected chi connectivity index (χ1v) is 6.97. The molecule has 4 nitrogen and oxygen atoms in total. The van der Waals surface area contributed by atoms with Crippen LogP contribution >= 0.6 is 22.6 Å². The van der Waals surface area contributed by atoms with Crippen LogP contribution in [0.2, 0.25) is 0 Å². The lowest BCUT2D eigenvalue weighted by Crippen LogP contribution is -2.27. The summed E-state index contributed by atoms with van der Waals surface area (Å²) in [5.41, 5.74) is -0.518. The quantitative estimate of drug-likeness (QED) is 0.766. The number of rotatable bonds is 1. The zero-order valence-electron chi connectivity index (χ0n) is 11.0. The Labute approximate surface area is 125 Å². The fraction of sp³-hybridized carbons (Fsp3) is 0.286. The van der Waals surface area contributed by atoms with Crippen molar-refractivity contribution in [3.05, 3.63) is 34.0 Å². The number of hydrogen-bond acceptors (Lipinski definition) is 3. The number of pyridine rings is 1. The summed E-state index contributed by atoms with van der Waals surface area (Å²) in [5.74, 6) is 0.490. The molecule has 0 aliphatic heterocycles. The zero-order valence-corrected chi connectivity index (χ0v) is 13.2. The average molecular weight is 370 g/mol. The Morgan fingerprint density at radius 2 is 2.11 bits per heavy atom.